The maximum atomic E-state index is 5.38. The van der Waals surface area contributed by atoms with E-state index in [0.29, 0.717) is 0 Å². The summed E-state index contributed by atoms with van der Waals surface area (Å²) in [5.74, 6) is 0.913. The molecule has 0 aliphatic carbocycles. The van der Waals surface area contributed by atoms with E-state index in [1.165, 1.54) is 17.0 Å². The van der Waals surface area contributed by atoms with Crippen LogP contribution in [0.15, 0.2) is 58.3 Å². The SMILES string of the molecule is CCC.COc1ccccc1Sc1ccccc1N(C)C.Cl. The van der Waals surface area contributed by atoms with Crippen LogP contribution in [-0.2, 0) is 0 Å². The Kier molecular flexibility index (Phi) is 10.6. The van der Waals surface area contributed by atoms with Gasteiger partial charge in [-0.3, -0.25) is 0 Å². The molecular formula is C18H26ClNOS. The van der Waals surface area contributed by atoms with Crippen molar-refractivity contribution in [3.8, 4) is 5.75 Å². The standard InChI is InChI=1S/C15H17NOS.C3H8.ClH/c1-16(2)12-8-4-6-10-14(12)18-15-11-7-5-9-13(15)17-3;1-3-2;/h4-11H,1-3H3;3H2,1-2H3;1H. The van der Waals surface area contributed by atoms with Gasteiger partial charge in [-0.15, -0.1) is 12.4 Å². The van der Waals surface area contributed by atoms with E-state index in [9.17, 15) is 0 Å². The van der Waals surface area contributed by atoms with Crippen molar-refractivity contribution >= 4 is 29.9 Å². The van der Waals surface area contributed by atoms with Crippen molar-refractivity contribution in [1.82, 2.24) is 0 Å². The lowest BCUT2D eigenvalue weighted by atomic mass is 10.3. The molecule has 0 aliphatic heterocycles. The summed E-state index contributed by atoms with van der Waals surface area (Å²) in [6, 6.07) is 16.5. The van der Waals surface area contributed by atoms with Gasteiger partial charge >= 0.3 is 0 Å². The lowest BCUT2D eigenvalue weighted by Gasteiger charge is -2.17. The van der Waals surface area contributed by atoms with Gasteiger partial charge in [-0.05, 0) is 24.3 Å². The molecular weight excluding hydrogens is 314 g/mol. The van der Waals surface area contributed by atoms with E-state index in [0.717, 1.165) is 10.6 Å². The first-order valence-corrected chi connectivity index (χ1v) is 8.02. The molecule has 0 fully saturated rings. The number of ether oxygens (including phenoxy) is 1. The molecule has 0 aromatic heterocycles. The Morgan fingerprint density at radius 2 is 1.41 bits per heavy atom. The van der Waals surface area contributed by atoms with Crippen molar-refractivity contribution in [3.63, 3.8) is 0 Å². The van der Waals surface area contributed by atoms with Crippen LogP contribution in [-0.4, -0.2) is 21.2 Å². The third-order valence-corrected chi connectivity index (χ3v) is 3.76. The molecule has 4 heteroatoms. The van der Waals surface area contributed by atoms with Gasteiger partial charge in [0.2, 0.25) is 0 Å². The van der Waals surface area contributed by atoms with E-state index in [-0.39, 0.29) is 12.4 Å². The molecule has 0 saturated carbocycles. The molecule has 2 rings (SSSR count). The molecule has 0 unspecified atom stereocenters. The number of methoxy groups -OCH3 is 1. The highest BCUT2D eigenvalue weighted by molar-refractivity contribution is 7.99. The third kappa shape index (κ3) is 6.20. The van der Waals surface area contributed by atoms with Crippen molar-refractivity contribution in [2.45, 2.75) is 30.1 Å². The van der Waals surface area contributed by atoms with E-state index in [1.54, 1.807) is 18.9 Å². The smallest absolute Gasteiger partial charge is 0.132 e. The Balaban J connectivity index is 0.00000102. The summed E-state index contributed by atoms with van der Waals surface area (Å²) in [4.78, 5) is 4.49. The van der Waals surface area contributed by atoms with E-state index in [4.69, 9.17) is 4.74 Å². The highest BCUT2D eigenvalue weighted by Crippen LogP contribution is 2.38. The molecule has 0 atom stereocenters. The van der Waals surface area contributed by atoms with E-state index in [2.05, 4.69) is 63.2 Å². The van der Waals surface area contributed by atoms with Crippen molar-refractivity contribution in [2.24, 2.45) is 0 Å². The zero-order chi connectivity index (χ0) is 15.7. The van der Waals surface area contributed by atoms with Crippen molar-refractivity contribution in [3.05, 3.63) is 48.5 Å². The average Bonchev–Trinajstić information content (AvgIpc) is 2.49. The topological polar surface area (TPSA) is 12.5 Å². The Bertz CT molecular complexity index is 546. The molecule has 122 valence electrons. The number of anilines is 1. The molecule has 0 aliphatic rings. The van der Waals surface area contributed by atoms with Crippen LogP contribution in [0.5, 0.6) is 5.75 Å². The fourth-order valence-electron chi connectivity index (χ4n) is 1.73. The van der Waals surface area contributed by atoms with Gasteiger partial charge in [0.25, 0.3) is 0 Å². The molecule has 0 bridgehead atoms. The average molecular weight is 340 g/mol. The van der Waals surface area contributed by atoms with Gasteiger partial charge < -0.3 is 9.64 Å². The molecule has 0 spiro atoms. The molecule has 2 aromatic carbocycles. The predicted molar refractivity (Wildman–Crippen MR) is 101 cm³/mol. The molecule has 22 heavy (non-hydrogen) atoms. The quantitative estimate of drug-likeness (QED) is 0.703. The van der Waals surface area contributed by atoms with Crippen LogP contribution in [0.2, 0.25) is 0 Å². The largest absolute Gasteiger partial charge is 0.496 e. The molecule has 0 N–H and O–H groups in total. The fourth-order valence-corrected chi connectivity index (χ4v) is 2.87. The summed E-state index contributed by atoms with van der Waals surface area (Å²) in [6.45, 7) is 4.25. The summed E-state index contributed by atoms with van der Waals surface area (Å²) in [7, 11) is 5.82. The number of para-hydroxylation sites is 2. The van der Waals surface area contributed by atoms with Crippen molar-refractivity contribution < 1.29 is 4.74 Å². The Labute approximate surface area is 145 Å². The van der Waals surface area contributed by atoms with Crippen molar-refractivity contribution in [2.75, 3.05) is 26.1 Å². The van der Waals surface area contributed by atoms with Crippen LogP contribution in [0, 0.1) is 0 Å². The van der Waals surface area contributed by atoms with Gasteiger partial charge in [-0.2, -0.15) is 0 Å². The number of hydrogen-bond acceptors (Lipinski definition) is 3. The van der Waals surface area contributed by atoms with Crippen LogP contribution in [0.3, 0.4) is 0 Å². The Morgan fingerprint density at radius 1 is 0.909 bits per heavy atom. The minimum atomic E-state index is 0. The third-order valence-electron chi connectivity index (χ3n) is 2.64. The summed E-state index contributed by atoms with van der Waals surface area (Å²) >= 11 is 1.73. The summed E-state index contributed by atoms with van der Waals surface area (Å²) in [6.07, 6.45) is 1.25. The number of nitrogens with zero attached hydrogens (tertiary/aromatic N) is 1. The van der Waals surface area contributed by atoms with E-state index in [1.807, 2.05) is 18.2 Å². The van der Waals surface area contributed by atoms with Crippen LogP contribution < -0.4 is 9.64 Å². The zero-order valence-corrected chi connectivity index (χ0v) is 15.6. The highest BCUT2D eigenvalue weighted by atomic mass is 35.5. The second kappa shape index (κ2) is 11.3. The molecule has 0 saturated heterocycles. The van der Waals surface area contributed by atoms with Gasteiger partial charge in [0.1, 0.15) is 5.75 Å². The molecule has 0 heterocycles. The number of halogens is 1. The summed E-state index contributed by atoms with van der Waals surface area (Å²) in [5, 5.41) is 0. The van der Waals surface area contributed by atoms with Gasteiger partial charge in [0.05, 0.1) is 17.7 Å². The van der Waals surface area contributed by atoms with Gasteiger partial charge in [-0.25, -0.2) is 0 Å². The monoisotopic (exact) mass is 339 g/mol. The maximum Gasteiger partial charge on any atom is 0.132 e. The first kappa shape index (κ1) is 20.7. The van der Waals surface area contributed by atoms with Gasteiger partial charge in [0.15, 0.2) is 0 Å². The first-order chi connectivity index (χ1) is 10.1. The van der Waals surface area contributed by atoms with Crippen LogP contribution >= 0.6 is 24.2 Å². The van der Waals surface area contributed by atoms with Crippen LogP contribution in [0.25, 0.3) is 0 Å². The van der Waals surface area contributed by atoms with E-state index >= 15 is 0 Å². The number of rotatable bonds is 4. The normalized spacial score (nSPS) is 9.14. The zero-order valence-electron chi connectivity index (χ0n) is 14.0. The molecule has 2 aromatic rings. The number of benzene rings is 2. The van der Waals surface area contributed by atoms with Crippen LogP contribution in [0.1, 0.15) is 20.3 Å². The van der Waals surface area contributed by atoms with Crippen molar-refractivity contribution in [1.29, 1.82) is 0 Å². The number of hydrogen-bond donors (Lipinski definition) is 0. The lowest BCUT2D eigenvalue weighted by molar-refractivity contribution is 0.405. The minimum Gasteiger partial charge on any atom is -0.496 e. The molecule has 2 nitrogen and oxygen atoms in total. The lowest BCUT2D eigenvalue weighted by Crippen LogP contribution is -2.09. The second-order valence-corrected chi connectivity index (χ2v) is 5.91. The van der Waals surface area contributed by atoms with Gasteiger partial charge in [0, 0.05) is 19.0 Å². The second-order valence-electron chi connectivity index (χ2n) is 4.82. The first-order valence-electron chi connectivity index (χ1n) is 7.21. The Hall–Kier alpha value is -1.32. The predicted octanol–water partition coefficient (Wildman–Crippen LogP) is 5.75. The summed E-state index contributed by atoms with van der Waals surface area (Å²) in [5.41, 5.74) is 1.22. The van der Waals surface area contributed by atoms with E-state index < -0.39 is 0 Å². The van der Waals surface area contributed by atoms with Gasteiger partial charge in [-0.1, -0.05) is 56.3 Å². The van der Waals surface area contributed by atoms with Crippen LogP contribution in [0.4, 0.5) is 5.69 Å². The summed E-state index contributed by atoms with van der Waals surface area (Å²) < 4.78 is 5.38. The minimum absolute atomic E-state index is 0. The highest BCUT2D eigenvalue weighted by Gasteiger charge is 2.08. The fraction of sp³-hybridized carbons (Fsp3) is 0.333. The maximum absolute atomic E-state index is 5.38. The molecule has 0 radical (unpaired) electrons. The molecule has 0 amide bonds. The Morgan fingerprint density at radius 3 is 1.95 bits per heavy atom.